The number of para-hydroxylation sites is 1. The van der Waals surface area contributed by atoms with Gasteiger partial charge in [-0.15, -0.1) is 0 Å². The van der Waals surface area contributed by atoms with Crippen LogP contribution >= 0.6 is 0 Å². The highest BCUT2D eigenvalue weighted by Gasteiger charge is 2.17. The highest BCUT2D eigenvalue weighted by Crippen LogP contribution is 2.33. The van der Waals surface area contributed by atoms with Gasteiger partial charge in [0.05, 0.1) is 0 Å². The molecule has 0 saturated heterocycles. The third kappa shape index (κ3) is 2.51. The maximum Gasteiger partial charge on any atom is 0.264 e. The van der Waals surface area contributed by atoms with Crippen molar-refractivity contribution in [2.24, 2.45) is 12.2 Å². The van der Waals surface area contributed by atoms with Gasteiger partial charge in [0.15, 0.2) is 0 Å². The molecule has 2 aromatic rings. The van der Waals surface area contributed by atoms with Gasteiger partial charge in [0, 0.05) is 13.3 Å². The molecule has 0 fully saturated rings. The van der Waals surface area contributed by atoms with Gasteiger partial charge in [-0.05, 0) is 26.0 Å². The second-order valence-corrected chi connectivity index (χ2v) is 3.71. The Morgan fingerprint density at radius 1 is 1.28 bits per heavy atom. The van der Waals surface area contributed by atoms with Gasteiger partial charge in [0.1, 0.15) is 11.4 Å². The number of nitrogens with zero attached hydrogens (tertiary/aromatic N) is 3. The van der Waals surface area contributed by atoms with Gasteiger partial charge in [0.2, 0.25) is 5.75 Å². The van der Waals surface area contributed by atoms with Crippen molar-refractivity contribution in [1.82, 2.24) is 9.78 Å². The summed E-state index contributed by atoms with van der Waals surface area (Å²) in [4.78, 5) is 5.27. The predicted molar refractivity (Wildman–Crippen MR) is 69.3 cm³/mol. The molecular weight excluding hydrogens is 230 g/mol. The van der Waals surface area contributed by atoms with Crippen LogP contribution in [0.15, 0.2) is 35.5 Å². The summed E-state index contributed by atoms with van der Waals surface area (Å²) in [6.45, 7) is 3.63. The molecule has 0 bridgehead atoms. The minimum atomic E-state index is 0.527. The molecule has 5 heteroatoms. The number of aryl methyl sites for hydroxylation is 2. The van der Waals surface area contributed by atoms with Crippen molar-refractivity contribution < 1.29 is 9.57 Å². The highest BCUT2D eigenvalue weighted by molar-refractivity contribution is 5.53. The largest absolute Gasteiger partial charge is 0.436 e. The van der Waals surface area contributed by atoms with Gasteiger partial charge in [-0.25, -0.2) is 4.68 Å². The van der Waals surface area contributed by atoms with Crippen LogP contribution in [-0.4, -0.2) is 16.0 Å². The fourth-order valence-corrected chi connectivity index (χ4v) is 1.54. The van der Waals surface area contributed by atoms with E-state index in [1.54, 1.807) is 24.9 Å². The van der Waals surface area contributed by atoms with Crippen LogP contribution in [0.1, 0.15) is 12.6 Å². The van der Waals surface area contributed by atoms with Gasteiger partial charge in [0.25, 0.3) is 5.88 Å². The van der Waals surface area contributed by atoms with Crippen molar-refractivity contribution in [3.8, 4) is 17.4 Å². The zero-order chi connectivity index (χ0) is 13.0. The van der Waals surface area contributed by atoms with Crippen LogP contribution in [-0.2, 0) is 7.05 Å². The average Bonchev–Trinajstić information content (AvgIpc) is 2.63. The first-order chi connectivity index (χ1) is 8.72. The van der Waals surface area contributed by atoms with Crippen LogP contribution in [0.25, 0.3) is 0 Å². The van der Waals surface area contributed by atoms with Gasteiger partial charge in [-0.3, -0.25) is 0 Å². The molecule has 2 rings (SSSR count). The molecule has 0 spiro atoms. The Kier molecular flexibility index (Phi) is 3.62. The summed E-state index contributed by atoms with van der Waals surface area (Å²) in [5.74, 6) is 1.79. The summed E-state index contributed by atoms with van der Waals surface area (Å²) in [7, 11) is 1.80. The third-order valence-corrected chi connectivity index (χ3v) is 2.32. The minimum Gasteiger partial charge on any atom is -0.436 e. The van der Waals surface area contributed by atoms with Crippen LogP contribution in [0.2, 0.25) is 0 Å². The van der Waals surface area contributed by atoms with Crippen molar-refractivity contribution in [2.75, 3.05) is 0 Å². The molecule has 0 amide bonds. The number of benzene rings is 1. The first kappa shape index (κ1) is 12.2. The van der Waals surface area contributed by atoms with Crippen molar-refractivity contribution in [1.29, 1.82) is 0 Å². The van der Waals surface area contributed by atoms with Crippen LogP contribution in [0, 0.1) is 6.92 Å². The van der Waals surface area contributed by atoms with E-state index in [1.165, 1.54) is 0 Å². The summed E-state index contributed by atoms with van der Waals surface area (Å²) in [6.07, 6.45) is 1.57. The average molecular weight is 245 g/mol. The standard InChI is InChI=1S/C13H15N3O2/c1-4-14-18-12-10(2)15-16(3)13(12)17-11-8-6-5-7-9-11/h4-9H,1-3H3/b14-4+. The van der Waals surface area contributed by atoms with Crippen molar-refractivity contribution >= 4 is 6.21 Å². The topological polar surface area (TPSA) is 48.6 Å². The van der Waals surface area contributed by atoms with Crippen LogP contribution in [0.4, 0.5) is 0 Å². The zero-order valence-corrected chi connectivity index (χ0v) is 10.6. The molecule has 0 aliphatic heterocycles. The van der Waals surface area contributed by atoms with Crippen molar-refractivity contribution in [3.63, 3.8) is 0 Å². The minimum absolute atomic E-state index is 0.527. The second kappa shape index (κ2) is 5.35. The summed E-state index contributed by atoms with van der Waals surface area (Å²) in [5, 5.41) is 8.01. The Morgan fingerprint density at radius 2 is 2.00 bits per heavy atom. The number of ether oxygens (including phenoxy) is 1. The van der Waals surface area contributed by atoms with E-state index >= 15 is 0 Å². The molecule has 18 heavy (non-hydrogen) atoms. The molecule has 0 radical (unpaired) electrons. The second-order valence-electron chi connectivity index (χ2n) is 3.71. The zero-order valence-electron chi connectivity index (χ0n) is 10.6. The summed E-state index contributed by atoms with van der Waals surface area (Å²) < 4.78 is 7.39. The summed E-state index contributed by atoms with van der Waals surface area (Å²) in [6, 6.07) is 9.48. The monoisotopic (exact) mass is 245 g/mol. The summed E-state index contributed by atoms with van der Waals surface area (Å²) >= 11 is 0. The molecule has 0 atom stereocenters. The number of hydrogen-bond acceptors (Lipinski definition) is 4. The Balaban J connectivity index is 2.31. The van der Waals surface area contributed by atoms with Gasteiger partial charge in [-0.2, -0.15) is 5.10 Å². The quantitative estimate of drug-likeness (QED) is 0.614. The smallest absolute Gasteiger partial charge is 0.264 e. The number of aromatic nitrogens is 2. The van der Waals surface area contributed by atoms with E-state index in [-0.39, 0.29) is 0 Å². The Bertz CT molecular complexity index is 547. The molecule has 0 unspecified atom stereocenters. The number of hydrogen-bond donors (Lipinski definition) is 0. The maximum atomic E-state index is 5.76. The molecule has 1 heterocycles. The Labute approximate surface area is 106 Å². The fourth-order valence-electron chi connectivity index (χ4n) is 1.54. The number of oxime groups is 1. The molecule has 0 aliphatic rings. The molecular formula is C13H15N3O2. The molecule has 0 saturated carbocycles. The van der Waals surface area contributed by atoms with E-state index in [1.807, 2.05) is 37.3 Å². The van der Waals surface area contributed by atoms with E-state index in [0.29, 0.717) is 11.6 Å². The SMILES string of the molecule is C/C=N/Oc1c(C)nn(C)c1Oc1ccccc1. The van der Waals surface area contributed by atoms with Crippen LogP contribution in [0.5, 0.6) is 17.4 Å². The predicted octanol–water partition coefficient (Wildman–Crippen LogP) is 2.91. The van der Waals surface area contributed by atoms with Crippen LogP contribution in [0.3, 0.4) is 0 Å². The first-order valence-corrected chi connectivity index (χ1v) is 5.64. The van der Waals surface area contributed by atoms with E-state index in [4.69, 9.17) is 9.57 Å². The van der Waals surface area contributed by atoms with Gasteiger partial charge >= 0.3 is 0 Å². The Morgan fingerprint density at radius 3 is 2.67 bits per heavy atom. The molecule has 1 aromatic carbocycles. The molecule has 0 N–H and O–H groups in total. The summed E-state index contributed by atoms with van der Waals surface area (Å²) in [5.41, 5.74) is 0.731. The van der Waals surface area contributed by atoms with Gasteiger partial charge in [-0.1, -0.05) is 23.4 Å². The van der Waals surface area contributed by atoms with Crippen molar-refractivity contribution in [3.05, 3.63) is 36.0 Å². The van der Waals surface area contributed by atoms with E-state index in [9.17, 15) is 0 Å². The highest BCUT2D eigenvalue weighted by atomic mass is 16.6. The van der Waals surface area contributed by atoms with Crippen LogP contribution < -0.4 is 9.57 Å². The number of rotatable bonds is 4. The lowest BCUT2D eigenvalue weighted by molar-refractivity contribution is 0.316. The van der Waals surface area contributed by atoms with E-state index < -0.39 is 0 Å². The van der Waals surface area contributed by atoms with Crippen molar-refractivity contribution in [2.45, 2.75) is 13.8 Å². The molecule has 5 nitrogen and oxygen atoms in total. The first-order valence-electron chi connectivity index (χ1n) is 5.64. The lowest BCUT2D eigenvalue weighted by atomic mass is 10.3. The maximum absolute atomic E-state index is 5.76. The molecule has 0 aliphatic carbocycles. The lowest BCUT2D eigenvalue weighted by Gasteiger charge is -2.06. The molecule has 94 valence electrons. The van der Waals surface area contributed by atoms with E-state index in [2.05, 4.69) is 10.3 Å². The lowest BCUT2D eigenvalue weighted by Crippen LogP contribution is -1.96. The van der Waals surface area contributed by atoms with Gasteiger partial charge < -0.3 is 9.57 Å². The fraction of sp³-hybridized carbons (Fsp3) is 0.231. The third-order valence-electron chi connectivity index (χ3n) is 2.32. The van der Waals surface area contributed by atoms with E-state index in [0.717, 1.165) is 11.4 Å². The Hall–Kier alpha value is -2.30. The molecule has 1 aromatic heterocycles. The normalized spacial score (nSPS) is 10.8.